The van der Waals surface area contributed by atoms with Crippen LogP contribution in [0.4, 0.5) is 22.0 Å². The highest BCUT2D eigenvalue weighted by molar-refractivity contribution is 5.36. The predicted octanol–water partition coefficient (Wildman–Crippen LogP) is 3.07. The molecule has 1 aliphatic carbocycles. The van der Waals surface area contributed by atoms with Crippen molar-refractivity contribution < 1.29 is 22.0 Å². The van der Waals surface area contributed by atoms with Crippen molar-refractivity contribution in [2.24, 2.45) is 0 Å². The maximum Gasteiger partial charge on any atom is 0.193 e. The van der Waals surface area contributed by atoms with Crippen LogP contribution in [-0.4, -0.2) is 12.3 Å². The summed E-state index contributed by atoms with van der Waals surface area (Å²) in [6, 6.07) is 0. The fourth-order valence-corrected chi connectivity index (χ4v) is 0.868. The third kappa shape index (κ3) is 1.13. The molecular weight excluding hydrogens is 179 g/mol. The van der Waals surface area contributed by atoms with Gasteiger partial charge in [-0.2, -0.15) is 0 Å². The van der Waals surface area contributed by atoms with E-state index in [9.17, 15) is 22.0 Å². The lowest BCUT2D eigenvalue weighted by atomic mass is 10.0. The number of halogens is 5. The average Bonchev–Trinajstić information content (AvgIpc) is 2.08. The molecule has 0 saturated heterocycles. The number of rotatable bonds is 0. The molecule has 12 heavy (non-hydrogen) atoms. The zero-order chi connectivity index (χ0) is 9.46. The number of hydrogen-bond donors (Lipinski definition) is 0. The van der Waals surface area contributed by atoms with Crippen molar-refractivity contribution >= 4 is 0 Å². The molecule has 2 atom stereocenters. The Hall–Kier alpha value is -0.870. The molecule has 0 aromatic carbocycles. The molecule has 0 spiro atoms. The molecule has 0 aliphatic heterocycles. The minimum atomic E-state index is -2.72. The van der Waals surface area contributed by atoms with Crippen LogP contribution in [0, 0.1) is 0 Å². The molecule has 0 aromatic heterocycles. The second-order valence-electron chi connectivity index (χ2n) is 2.46. The summed E-state index contributed by atoms with van der Waals surface area (Å²) < 4.78 is 61.9. The average molecular weight is 184 g/mol. The Kier molecular flexibility index (Phi) is 2.21. The van der Waals surface area contributed by atoms with Crippen LogP contribution in [0.3, 0.4) is 0 Å². The fraction of sp³-hybridized carbons (Fsp3) is 0.429. The number of allylic oxidation sites excluding steroid dienone is 4. The lowest BCUT2D eigenvalue weighted by molar-refractivity contribution is 0.182. The van der Waals surface area contributed by atoms with Crippen LogP contribution in [0.25, 0.3) is 0 Å². The van der Waals surface area contributed by atoms with Gasteiger partial charge in [0.1, 0.15) is 0 Å². The van der Waals surface area contributed by atoms with E-state index in [1.807, 2.05) is 0 Å². The van der Waals surface area contributed by atoms with Crippen LogP contribution in [0.5, 0.6) is 0 Å². The Morgan fingerprint density at radius 3 is 1.92 bits per heavy atom. The Balaban J connectivity index is 3.18. The Morgan fingerprint density at radius 2 is 1.42 bits per heavy atom. The standard InChI is InChI=1S/C7H5F5/c1-2-3(8)5(10)7(12)6(11)4(2)9/h3,5H,1H3. The molecule has 0 heterocycles. The minimum Gasteiger partial charge on any atom is -0.239 e. The molecule has 0 radical (unpaired) electrons. The van der Waals surface area contributed by atoms with E-state index in [1.165, 1.54) is 0 Å². The second-order valence-corrected chi connectivity index (χ2v) is 2.46. The van der Waals surface area contributed by atoms with E-state index >= 15 is 0 Å². The van der Waals surface area contributed by atoms with Crippen molar-refractivity contribution in [3.8, 4) is 0 Å². The summed E-state index contributed by atoms with van der Waals surface area (Å²) in [4.78, 5) is 0. The summed E-state index contributed by atoms with van der Waals surface area (Å²) in [6.07, 6.45) is -5.14. The van der Waals surface area contributed by atoms with Gasteiger partial charge in [0.15, 0.2) is 29.8 Å². The van der Waals surface area contributed by atoms with E-state index in [0.29, 0.717) is 0 Å². The molecule has 0 saturated carbocycles. The van der Waals surface area contributed by atoms with Gasteiger partial charge in [0, 0.05) is 5.57 Å². The summed E-state index contributed by atoms with van der Waals surface area (Å²) in [6.45, 7) is 0.874. The lowest BCUT2D eigenvalue weighted by Crippen LogP contribution is -2.24. The molecule has 1 aliphatic rings. The summed E-state index contributed by atoms with van der Waals surface area (Å²) in [5.41, 5.74) is -0.749. The van der Waals surface area contributed by atoms with Gasteiger partial charge < -0.3 is 0 Å². The third-order valence-corrected chi connectivity index (χ3v) is 1.66. The molecule has 0 fully saturated rings. The van der Waals surface area contributed by atoms with Gasteiger partial charge in [-0.05, 0) is 6.92 Å². The first-order valence-corrected chi connectivity index (χ1v) is 3.16. The SMILES string of the molecule is CC1=C(F)C(F)=C(F)C(F)C1F. The van der Waals surface area contributed by atoms with Gasteiger partial charge in [0.2, 0.25) is 0 Å². The maximum atomic E-state index is 12.5. The number of alkyl halides is 2. The quantitative estimate of drug-likeness (QED) is 0.507. The van der Waals surface area contributed by atoms with Crippen molar-refractivity contribution in [3.63, 3.8) is 0 Å². The highest BCUT2D eigenvalue weighted by Gasteiger charge is 2.37. The second kappa shape index (κ2) is 2.88. The molecule has 0 nitrogen and oxygen atoms in total. The molecular formula is C7H5F5. The van der Waals surface area contributed by atoms with Crippen LogP contribution < -0.4 is 0 Å². The molecule has 68 valence electrons. The first-order valence-electron chi connectivity index (χ1n) is 3.16. The zero-order valence-electron chi connectivity index (χ0n) is 6.04. The molecule has 1 rings (SSSR count). The Morgan fingerprint density at radius 1 is 0.917 bits per heavy atom. The Labute approximate surface area is 65.4 Å². The van der Waals surface area contributed by atoms with E-state index < -0.39 is 35.4 Å². The van der Waals surface area contributed by atoms with E-state index in [-0.39, 0.29) is 0 Å². The van der Waals surface area contributed by atoms with Gasteiger partial charge in [-0.1, -0.05) is 0 Å². The van der Waals surface area contributed by atoms with Crippen molar-refractivity contribution in [1.82, 2.24) is 0 Å². The molecule has 0 aromatic rings. The van der Waals surface area contributed by atoms with Crippen LogP contribution in [0.1, 0.15) is 6.92 Å². The topological polar surface area (TPSA) is 0 Å². The monoisotopic (exact) mass is 184 g/mol. The summed E-state index contributed by atoms with van der Waals surface area (Å²) in [7, 11) is 0. The lowest BCUT2D eigenvalue weighted by Gasteiger charge is -2.18. The van der Waals surface area contributed by atoms with Crippen molar-refractivity contribution in [1.29, 1.82) is 0 Å². The Bertz CT molecular complexity index is 237. The van der Waals surface area contributed by atoms with Gasteiger partial charge in [-0.3, -0.25) is 0 Å². The maximum absolute atomic E-state index is 12.5. The molecule has 2 unspecified atom stereocenters. The van der Waals surface area contributed by atoms with Crippen LogP contribution in [-0.2, 0) is 0 Å². The van der Waals surface area contributed by atoms with Crippen molar-refractivity contribution in [2.45, 2.75) is 19.3 Å². The first-order chi connectivity index (χ1) is 5.46. The molecule has 0 bridgehead atoms. The van der Waals surface area contributed by atoms with Gasteiger partial charge >= 0.3 is 0 Å². The van der Waals surface area contributed by atoms with Crippen LogP contribution >= 0.6 is 0 Å². The van der Waals surface area contributed by atoms with Gasteiger partial charge in [-0.25, -0.2) is 22.0 Å². The highest BCUT2D eigenvalue weighted by atomic mass is 19.2. The van der Waals surface area contributed by atoms with E-state index in [2.05, 4.69) is 0 Å². The fourth-order valence-electron chi connectivity index (χ4n) is 0.868. The van der Waals surface area contributed by atoms with Crippen LogP contribution in [0.2, 0.25) is 0 Å². The predicted molar refractivity (Wildman–Crippen MR) is 32.8 cm³/mol. The molecule has 5 heteroatoms. The van der Waals surface area contributed by atoms with Crippen molar-refractivity contribution in [2.75, 3.05) is 0 Å². The normalized spacial score (nSPS) is 31.5. The molecule has 0 amide bonds. The zero-order valence-corrected chi connectivity index (χ0v) is 6.04. The third-order valence-electron chi connectivity index (χ3n) is 1.66. The van der Waals surface area contributed by atoms with Crippen molar-refractivity contribution in [3.05, 3.63) is 23.1 Å². The summed E-state index contributed by atoms with van der Waals surface area (Å²) in [5, 5.41) is 0. The first kappa shape index (κ1) is 9.22. The largest absolute Gasteiger partial charge is 0.239 e. The number of hydrogen-bond acceptors (Lipinski definition) is 0. The minimum absolute atomic E-state index is 0.749. The van der Waals surface area contributed by atoms with E-state index in [1.54, 1.807) is 0 Å². The van der Waals surface area contributed by atoms with Crippen LogP contribution in [0.15, 0.2) is 23.1 Å². The summed E-state index contributed by atoms with van der Waals surface area (Å²) >= 11 is 0. The smallest absolute Gasteiger partial charge is 0.193 e. The van der Waals surface area contributed by atoms with Gasteiger partial charge in [0.25, 0.3) is 0 Å². The summed E-state index contributed by atoms with van der Waals surface area (Å²) in [5.74, 6) is -5.59. The van der Waals surface area contributed by atoms with Gasteiger partial charge in [-0.15, -0.1) is 0 Å². The van der Waals surface area contributed by atoms with Gasteiger partial charge in [0.05, 0.1) is 0 Å². The van der Waals surface area contributed by atoms with E-state index in [4.69, 9.17) is 0 Å². The van der Waals surface area contributed by atoms with E-state index in [0.717, 1.165) is 6.92 Å². The molecule has 0 N–H and O–H groups in total. The highest BCUT2D eigenvalue weighted by Crippen LogP contribution is 2.36.